The Hall–Kier alpha value is -2.84. The van der Waals surface area contributed by atoms with E-state index in [-0.39, 0.29) is 10.00 Å². The third-order valence-electron chi connectivity index (χ3n) is 5.70. The molecule has 1 aliphatic heterocycles. The molecule has 1 unspecified atom stereocenters. The Kier molecular flexibility index (Phi) is 7.28. The molecule has 1 heterocycles. The van der Waals surface area contributed by atoms with Crippen molar-refractivity contribution in [2.75, 3.05) is 7.11 Å². The van der Waals surface area contributed by atoms with Gasteiger partial charge in [0.05, 0.1) is 32.0 Å². The summed E-state index contributed by atoms with van der Waals surface area (Å²) in [5.41, 5.74) is 6.70. The minimum Gasteiger partial charge on any atom is -0.497 e. The van der Waals surface area contributed by atoms with Gasteiger partial charge in [-0.2, -0.15) is 14.0 Å². The summed E-state index contributed by atoms with van der Waals surface area (Å²) in [5, 5.41) is 0.262. The maximum Gasteiger partial charge on any atom is 0.118 e. The number of ether oxygens (including phenoxy) is 1. The smallest absolute Gasteiger partial charge is 0.118 e. The SMILES string of the molecule is COc1ccc(C2SC(c3ccccc3)(c3ccccc3)c3ccccc32)cc1.[O-][Cl+3]([O-])([O-])O. The molecule has 0 radical (unpaired) electrons. The first-order chi connectivity index (χ1) is 16.3. The summed E-state index contributed by atoms with van der Waals surface area (Å²) >= 11 is 2.02. The van der Waals surface area contributed by atoms with Gasteiger partial charge in [0.25, 0.3) is 0 Å². The maximum absolute atomic E-state index is 8.60. The number of rotatable bonds is 4. The molecule has 0 bridgehead atoms. The second-order valence-corrected chi connectivity index (χ2v) is 9.78. The molecule has 0 spiro atoms. The summed E-state index contributed by atoms with van der Waals surface area (Å²) < 4.78 is 37.9. The fraction of sp³-hybridized carbons (Fsp3) is 0.111. The van der Waals surface area contributed by atoms with E-state index in [4.69, 9.17) is 23.4 Å². The summed E-state index contributed by atoms with van der Waals surface area (Å²) in [6.07, 6.45) is 0. The van der Waals surface area contributed by atoms with E-state index in [2.05, 4.69) is 109 Å². The normalized spacial score (nSPS) is 16.2. The van der Waals surface area contributed by atoms with Gasteiger partial charge in [0, 0.05) is 0 Å². The van der Waals surface area contributed by atoms with Crippen molar-refractivity contribution in [1.29, 1.82) is 0 Å². The van der Waals surface area contributed by atoms with Crippen molar-refractivity contribution in [3.05, 3.63) is 137 Å². The number of thioether (sulfide) groups is 1. The third-order valence-corrected chi connectivity index (χ3v) is 7.50. The standard InChI is InChI=1S/C27H22OS.ClHO4/c1-28-23-18-16-20(17-19-23)26-24-14-8-9-15-25(24)27(29-26,21-10-4-2-5-11-21)22-12-6-3-7-13-22;2-1(3,4)5/h2-19,26H,1H3;(H,2,3,4,5). The quantitative estimate of drug-likeness (QED) is 0.468. The van der Waals surface area contributed by atoms with Gasteiger partial charge in [-0.25, -0.2) is 0 Å². The second-order valence-electron chi connectivity index (χ2n) is 7.67. The summed E-state index contributed by atoms with van der Waals surface area (Å²) in [6.45, 7) is 0. The van der Waals surface area contributed by atoms with E-state index < -0.39 is 10.2 Å². The molecule has 5 nitrogen and oxygen atoms in total. The lowest BCUT2D eigenvalue weighted by molar-refractivity contribution is -1.92. The molecular formula is C27H23ClO5S. The maximum atomic E-state index is 8.60. The van der Waals surface area contributed by atoms with Gasteiger partial charge in [-0.05, 0) is 39.9 Å². The van der Waals surface area contributed by atoms with Crippen molar-refractivity contribution in [1.82, 2.24) is 0 Å². The van der Waals surface area contributed by atoms with Gasteiger partial charge < -0.3 is 4.74 Å². The Bertz CT molecular complexity index is 1170. The van der Waals surface area contributed by atoms with Crippen molar-refractivity contribution >= 4 is 11.8 Å². The molecular weight excluding hydrogens is 472 g/mol. The van der Waals surface area contributed by atoms with Crippen molar-refractivity contribution < 1.29 is 33.6 Å². The Morgan fingerprint density at radius 1 is 0.735 bits per heavy atom. The van der Waals surface area contributed by atoms with Crippen molar-refractivity contribution in [2.45, 2.75) is 10.00 Å². The van der Waals surface area contributed by atoms with Crippen LogP contribution in [0.15, 0.2) is 109 Å². The Morgan fingerprint density at radius 2 is 1.21 bits per heavy atom. The highest BCUT2D eigenvalue weighted by molar-refractivity contribution is 8.01. The summed E-state index contributed by atoms with van der Waals surface area (Å²) in [7, 11) is -2.98. The minimum atomic E-state index is -4.69. The number of benzene rings is 4. The number of methoxy groups -OCH3 is 1. The highest BCUT2D eigenvalue weighted by Crippen LogP contribution is 2.62. The fourth-order valence-electron chi connectivity index (χ4n) is 4.34. The highest BCUT2D eigenvalue weighted by Gasteiger charge is 2.47. The van der Waals surface area contributed by atoms with E-state index in [0.29, 0.717) is 0 Å². The number of halogens is 1. The van der Waals surface area contributed by atoms with E-state index in [1.165, 1.54) is 27.8 Å². The molecule has 4 aromatic rings. The lowest BCUT2D eigenvalue weighted by Crippen LogP contribution is -2.58. The van der Waals surface area contributed by atoms with Crippen molar-refractivity contribution in [3.8, 4) is 5.75 Å². The second kappa shape index (κ2) is 10.2. The average Bonchev–Trinajstić information content (AvgIpc) is 3.21. The van der Waals surface area contributed by atoms with Crippen LogP contribution >= 0.6 is 11.8 Å². The van der Waals surface area contributed by atoms with E-state index in [1.807, 2.05) is 11.8 Å². The molecule has 34 heavy (non-hydrogen) atoms. The molecule has 1 N–H and O–H groups in total. The topological polar surface area (TPSA) is 98.6 Å². The van der Waals surface area contributed by atoms with E-state index in [0.717, 1.165) is 5.75 Å². The van der Waals surface area contributed by atoms with Crippen LogP contribution in [0.25, 0.3) is 0 Å². The zero-order valence-corrected chi connectivity index (χ0v) is 19.9. The molecule has 1 atom stereocenters. The van der Waals surface area contributed by atoms with Crippen LogP contribution in [0.3, 0.4) is 0 Å². The van der Waals surface area contributed by atoms with E-state index in [9.17, 15) is 0 Å². The van der Waals surface area contributed by atoms with Crippen LogP contribution in [0.1, 0.15) is 33.1 Å². The van der Waals surface area contributed by atoms with Crippen LogP contribution < -0.4 is 18.7 Å². The van der Waals surface area contributed by atoms with Gasteiger partial charge in [0.15, 0.2) is 0 Å². The lowest BCUT2D eigenvalue weighted by atomic mass is 9.81. The molecule has 0 aromatic heterocycles. The first-order valence-corrected chi connectivity index (χ1v) is 12.6. The van der Waals surface area contributed by atoms with Gasteiger partial charge in [-0.15, -0.1) is 11.8 Å². The van der Waals surface area contributed by atoms with E-state index in [1.54, 1.807) is 7.11 Å². The van der Waals surface area contributed by atoms with Crippen LogP contribution in [0.5, 0.6) is 5.75 Å². The molecule has 0 amide bonds. The van der Waals surface area contributed by atoms with Crippen molar-refractivity contribution in [2.24, 2.45) is 0 Å². The average molecular weight is 495 g/mol. The Morgan fingerprint density at radius 3 is 1.71 bits per heavy atom. The van der Waals surface area contributed by atoms with Crippen LogP contribution in [-0.4, -0.2) is 11.8 Å². The predicted octanol–water partition coefficient (Wildman–Crippen LogP) is 2.70. The van der Waals surface area contributed by atoms with Crippen LogP contribution in [0, 0.1) is 10.2 Å². The van der Waals surface area contributed by atoms with Crippen molar-refractivity contribution in [3.63, 3.8) is 0 Å². The molecule has 0 aliphatic carbocycles. The van der Waals surface area contributed by atoms with Crippen LogP contribution in [-0.2, 0) is 4.75 Å². The zero-order chi connectivity index (χ0) is 24.2. The fourth-order valence-corrected chi connectivity index (χ4v) is 6.17. The van der Waals surface area contributed by atoms with Gasteiger partial charge in [-0.1, -0.05) is 97.1 Å². The molecule has 5 rings (SSSR count). The minimum absolute atomic E-state index is 0.232. The number of fused-ring (bicyclic) bond motifs is 1. The summed E-state index contributed by atoms with van der Waals surface area (Å²) in [6, 6.07) is 39.2. The first-order valence-electron chi connectivity index (χ1n) is 10.5. The molecule has 0 saturated carbocycles. The molecule has 1 aliphatic rings. The Balaban J connectivity index is 0.000000499. The number of hydrogen-bond donors (Lipinski definition) is 1. The lowest BCUT2D eigenvalue weighted by Gasteiger charge is -2.32. The molecule has 0 saturated heterocycles. The van der Waals surface area contributed by atoms with Crippen LogP contribution in [0.4, 0.5) is 0 Å². The van der Waals surface area contributed by atoms with Gasteiger partial charge in [0.2, 0.25) is 0 Å². The summed E-state index contributed by atoms with van der Waals surface area (Å²) in [4.78, 5) is 0. The largest absolute Gasteiger partial charge is 0.497 e. The van der Waals surface area contributed by atoms with Gasteiger partial charge in [0.1, 0.15) is 5.75 Å². The molecule has 0 fully saturated rings. The van der Waals surface area contributed by atoms with Gasteiger partial charge >= 0.3 is 0 Å². The molecule has 174 valence electrons. The highest BCUT2D eigenvalue weighted by atomic mass is 35.7. The first kappa shape index (κ1) is 24.3. The summed E-state index contributed by atoms with van der Waals surface area (Å²) in [5.74, 6) is 0.891. The Labute approximate surface area is 205 Å². The van der Waals surface area contributed by atoms with E-state index >= 15 is 0 Å². The number of hydrogen-bond acceptors (Lipinski definition) is 6. The van der Waals surface area contributed by atoms with Gasteiger partial charge in [-0.3, -0.25) is 0 Å². The predicted molar refractivity (Wildman–Crippen MR) is 124 cm³/mol. The molecule has 4 aromatic carbocycles. The monoisotopic (exact) mass is 494 g/mol. The van der Waals surface area contributed by atoms with Crippen LogP contribution in [0.2, 0.25) is 0 Å². The third kappa shape index (κ3) is 5.13. The molecule has 7 heteroatoms. The zero-order valence-electron chi connectivity index (χ0n) is 18.3.